The first-order valence-electron chi connectivity index (χ1n) is 14.7. The van der Waals surface area contributed by atoms with Crippen LogP contribution in [0.4, 0.5) is 5.69 Å². The van der Waals surface area contributed by atoms with Crippen molar-refractivity contribution in [3.63, 3.8) is 0 Å². The van der Waals surface area contributed by atoms with Gasteiger partial charge in [-0.05, 0) is 117 Å². The van der Waals surface area contributed by atoms with Crippen molar-refractivity contribution in [2.45, 2.75) is 82.8 Å². The van der Waals surface area contributed by atoms with Gasteiger partial charge in [-0.15, -0.1) is 0 Å². The van der Waals surface area contributed by atoms with Crippen LogP contribution in [0.3, 0.4) is 0 Å². The number of phenols is 1. The fourth-order valence-electron chi connectivity index (χ4n) is 8.16. The highest BCUT2D eigenvalue weighted by Crippen LogP contribution is 2.61. The Morgan fingerprint density at radius 1 is 1.08 bits per heavy atom. The van der Waals surface area contributed by atoms with E-state index in [1.165, 1.54) is 30.4 Å². The maximum absolute atomic E-state index is 12.5. The molecule has 0 radical (unpaired) electrons. The van der Waals surface area contributed by atoms with Crippen molar-refractivity contribution in [2.75, 3.05) is 25.0 Å². The molecule has 0 spiro atoms. The highest BCUT2D eigenvalue weighted by molar-refractivity contribution is 5.90. The van der Waals surface area contributed by atoms with E-state index in [2.05, 4.69) is 23.2 Å². The van der Waals surface area contributed by atoms with Crippen LogP contribution in [-0.2, 0) is 11.2 Å². The SMILES string of the molecule is C[C@]12C[C@H](Oc3ccc(NC(=O)CCN4CCCCC4)cc3)[C@@H]3c4ccc(O)cc4CC[C@H]3[C@@H]1CC[C@@H]2O. The summed E-state index contributed by atoms with van der Waals surface area (Å²) in [5, 5.41) is 24.1. The number of piperidine rings is 1. The Bertz CT molecular complexity index is 1140. The minimum atomic E-state index is -0.289. The van der Waals surface area contributed by atoms with Crippen LogP contribution < -0.4 is 10.1 Å². The molecule has 1 saturated heterocycles. The number of nitrogens with one attached hydrogen (secondary N) is 1. The molecule has 0 unspecified atom stereocenters. The average Bonchev–Trinajstić information content (AvgIpc) is 3.22. The summed E-state index contributed by atoms with van der Waals surface area (Å²) < 4.78 is 6.73. The van der Waals surface area contributed by atoms with E-state index in [-0.39, 0.29) is 29.4 Å². The van der Waals surface area contributed by atoms with Crippen LogP contribution in [0, 0.1) is 17.3 Å². The summed E-state index contributed by atoms with van der Waals surface area (Å²) in [7, 11) is 0. The van der Waals surface area contributed by atoms with Crippen LogP contribution in [0.1, 0.15) is 75.3 Å². The van der Waals surface area contributed by atoms with E-state index in [4.69, 9.17) is 4.74 Å². The molecule has 2 saturated carbocycles. The molecular weight excluding hydrogens is 476 g/mol. The van der Waals surface area contributed by atoms with Gasteiger partial charge in [-0.1, -0.05) is 19.4 Å². The zero-order chi connectivity index (χ0) is 26.3. The van der Waals surface area contributed by atoms with Gasteiger partial charge in [0.2, 0.25) is 5.91 Å². The zero-order valence-corrected chi connectivity index (χ0v) is 22.6. The van der Waals surface area contributed by atoms with Gasteiger partial charge in [-0.2, -0.15) is 0 Å². The number of ether oxygens (including phenoxy) is 1. The van der Waals surface area contributed by atoms with Gasteiger partial charge in [-0.3, -0.25) is 4.79 Å². The first kappa shape index (κ1) is 25.7. The van der Waals surface area contributed by atoms with Gasteiger partial charge in [-0.25, -0.2) is 0 Å². The maximum atomic E-state index is 12.5. The van der Waals surface area contributed by atoms with Crippen molar-refractivity contribution in [1.82, 2.24) is 4.90 Å². The molecule has 204 valence electrons. The van der Waals surface area contributed by atoms with Gasteiger partial charge in [0.1, 0.15) is 17.6 Å². The van der Waals surface area contributed by atoms with Crippen molar-refractivity contribution in [3.8, 4) is 11.5 Å². The van der Waals surface area contributed by atoms with Crippen LogP contribution in [0.2, 0.25) is 0 Å². The number of nitrogens with zero attached hydrogens (tertiary/aromatic N) is 1. The normalized spacial score (nSPS) is 32.6. The lowest BCUT2D eigenvalue weighted by Gasteiger charge is -2.53. The van der Waals surface area contributed by atoms with Crippen molar-refractivity contribution < 1.29 is 19.7 Å². The van der Waals surface area contributed by atoms with Gasteiger partial charge in [0.15, 0.2) is 0 Å². The fourth-order valence-corrected chi connectivity index (χ4v) is 8.16. The molecule has 3 fully saturated rings. The number of carbonyl (C=O) groups is 1. The Balaban J connectivity index is 1.16. The lowest BCUT2D eigenvalue weighted by atomic mass is 9.54. The number of amides is 1. The number of fused-ring (bicyclic) bond motifs is 5. The van der Waals surface area contributed by atoms with Crippen LogP contribution >= 0.6 is 0 Å². The number of hydrogen-bond acceptors (Lipinski definition) is 5. The Morgan fingerprint density at radius 3 is 2.66 bits per heavy atom. The van der Waals surface area contributed by atoms with E-state index in [9.17, 15) is 15.0 Å². The predicted molar refractivity (Wildman–Crippen MR) is 149 cm³/mol. The second kappa shape index (κ2) is 10.5. The third-order valence-corrected chi connectivity index (χ3v) is 10.1. The van der Waals surface area contributed by atoms with Gasteiger partial charge in [0.25, 0.3) is 0 Å². The number of aliphatic hydroxyl groups excluding tert-OH is 1. The molecule has 6 heteroatoms. The van der Waals surface area contributed by atoms with E-state index in [1.807, 2.05) is 30.3 Å². The molecule has 0 bridgehead atoms. The van der Waals surface area contributed by atoms with Gasteiger partial charge in [0, 0.05) is 30.0 Å². The van der Waals surface area contributed by atoms with Crippen molar-refractivity contribution in [2.24, 2.45) is 17.3 Å². The Morgan fingerprint density at radius 2 is 1.87 bits per heavy atom. The zero-order valence-electron chi connectivity index (χ0n) is 22.6. The summed E-state index contributed by atoms with van der Waals surface area (Å²) in [5.41, 5.74) is 3.18. The summed E-state index contributed by atoms with van der Waals surface area (Å²) in [6, 6.07) is 13.6. The number of aryl methyl sites for hydroxylation is 1. The molecule has 3 aliphatic carbocycles. The van der Waals surface area contributed by atoms with E-state index in [0.29, 0.717) is 24.0 Å². The molecule has 38 heavy (non-hydrogen) atoms. The van der Waals surface area contributed by atoms with Crippen molar-refractivity contribution in [3.05, 3.63) is 53.6 Å². The van der Waals surface area contributed by atoms with Crippen LogP contribution in [0.5, 0.6) is 11.5 Å². The molecule has 1 aliphatic heterocycles. The molecule has 0 aromatic heterocycles. The number of hydrogen-bond donors (Lipinski definition) is 3. The monoisotopic (exact) mass is 518 g/mol. The molecule has 4 aliphatic rings. The third kappa shape index (κ3) is 4.93. The van der Waals surface area contributed by atoms with Crippen molar-refractivity contribution >= 4 is 11.6 Å². The smallest absolute Gasteiger partial charge is 0.225 e. The molecule has 6 atom stereocenters. The highest BCUT2D eigenvalue weighted by atomic mass is 16.5. The number of carbonyl (C=O) groups excluding carboxylic acids is 1. The number of aromatic hydroxyl groups is 1. The summed E-state index contributed by atoms with van der Waals surface area (Å²) in [4.78, 5) is 14.9. The number of anilines is 1. The van der Waals surface area contributed by atoms with Gasteiger partial charge < -0.3 is 25.2 Å². The summed E-state index contributed by atoms with van der Waals surface area (Å²) >= 11 is 0. The number of benzene rings is 2. The molecule has 1 heterocycles. The molecule has 3 N–H and O–H groups in total. The predicted octanol–water partition coefficient (Wildman–Crippen LogP) is 5.48. The average molecular weight is 519 g/mol. The van der Waals surface area contributed by atoms with Crippen molar-refractivity contribution in [1.29, 1.82) is 0 Å². The van der Waals surface area contributed by atoms with Gasteiger partial charge >= 0.3 is 0 Å². The summed E-state index contributed by atoms with van der Waals surface area (Å²) in [6.45, 7) is 5.29. The Hall–Kier alpha value is -2.57. The molecule has 2 aromatic carbocycles. The fraction of sp³-hybridized carbons (Fsp3) is 0.594. The van der Waals surface area contributed by atoms with Gasteiger partial charge in [0.05, 0.1) is 6.10 Å². The molecular formula is C32H42N2O4. The van der Waals surface area contributed by atoms with Crippen LogP contribution in [0.15, 0.2) is 42.5 Å². The Kier molecular flexibility index (Phi) is 7.12. The van der Waals surface area contributed by atoms with E-state index >= 15 is 0 Å². The number of likely N-dealkylation sites (tertiary alicyclic amines) is 1. The molecule has 1 amide bonds. The van der Waals surface area contributed by atoms with E-state index < -0.39 is 0 Å². The second-order valence-corrected chi connectivity index (χ2v) is 12.4. The first-order chi connectivity index (χ1) is 18.4. The minimum Gasteiger partial charge on any atom is -0.508 e. The first-order valence-corrected chi connectivity index (χ1v) is 14.7. The van der Waals surface area contributed by atoms with Crippen LogP contribution in [0.25, 0.3) is 0 Å². The summed E-state index contributed by atoms with van der Waals surface area (Å²) in [6.07, 6.45) is 8.73. The lowest BCUT2D eigenvalue weighted by Crippen LogP contribution is -2.51. The maximum Gasteiger partial charge on any atom is 0.225 e. The molecule has 6 nitrogen and oxygen atoms in total. The number of rotatable bonds is 6. The lowest BCUT2D eigenvalue weighted by molar-refractivity contribution is -0.116. The quantitative estimate of drug-likeness (QED) is 0.472. The number of phenolic OH excluding ortho intramolecular Hbond substituents is 1. The highest BCUT2D eigenvalue weighted by Gasteiger charge is 2.58. The van der Waals surface area contributed by atoms with E-state index in [0.717, 1.165) is 63.2 Å². The van der Waals surface area contributed by atoms with E-state index in [1.54, 1.807) is 6.07 Å². The largest absolute Gasteiger partial charge is 0.508 e. The Labute approximate surface area is 226 Å². The summed E-state index contributed by atoms with van der Waals surface area (Å²) in [5.74, 6) is 2.37. The second-order valence-electron chi connectivity index (χ2n) is 12.4. The third-order valence-electron chi connectivity index (χ3n) is 10.1. The molecule has 2 aromatic rings. The minimum absolute atomic E-state index is 0.0515. The van der Waals surface area contributed by atoms with Crippen LogP contribution in [-0.4, -0.2) is 52.9 Å². The standard InChI is InChI=1S/C32H42N2O4/c1-32-20-28(31-25-12-8-23(35)19-21(25)5-11-26(31)27(32)13-14-29(32)36)38-24-9-6-22(7-10-24)33-30(37)15-18-34-16-3-2-4-17-34/h6-10,12,19,26-29,31,35-36H,2-5,11,13-18,20H2,1H3,(H,33,37)/t26-,27-,28-,29-,31+,32-/m0/s1. The topological polar surface area (TPSA) is 82.0 Å². The molecule has 6 rings (SSSR count). The number of aliphatic hydroxyl groups is 1.